The largest absolute Gasteiger partial charge is 0.310 e. The highest BCUT2D eigenvalue weighted by Gasteiger charge is 2.16. The Morgan fingerprint density at radius 3 is 2.62 bits per heavy atom. The van der Waals surface area contributed by atoms with Gasteiger partial charge in [0.05, 0.1) is 6.04 Å². The molecule has 1 aromatic carbocycles. The average molecular weight is 217 g/mol. The number of Topliss-reactive ketones (excluding diaryl/α,β-unsaturated/α-hetero) is 1. The zero-order chi connectivity index (χ0) is 11.5. The van der Waals surface area contributed by atoms with Gasteiger partial charge in [0.25, 0.3) is 0 Å². The van der Waals surface area contributed by atoms with Gasteiger partial charge in [0.1, 0.15) is 0 Å². The standard InChI is InChI=1S/C14H19NO/c1-10(15-2)14(16)13-8-7-11-5-3-4-6-12(11)9-13/h7-10,15H,3-6H2,1-2H3. The van der Waals surface area contributed by atoms with Crippen molar-refractivity contribution < 1.29 is 4.79 Å². The van der Waals surface area contributed by atoms with Gasteiger partial charge in [0.15, 0.2) is 5.78 Å². The minimum Gasteiger partial charge on any atom is -0.310 e. The van der Waals surface area contributed by atoms with Gasteiger partial charge in [-0.3, -0.25) is 4.79 Å². The zero-order valence-electron chi connectivity index (χ0n) is 10.0. The van der Waals surface area contributed by atoms with E-state index in [1.807, 2.05) is 20.0 Å². The SMILES string of the molecule is CNC(C)C(=O)c1ccc2c(c1)CCCC2. The maximum Gasteiger partial charge on any atom is 0.179 e. The summed E-state index contributed by atoms with van der Waals surface area (Å²) in [6.45, 7) is 1.90. The minimum atomic E-state index is -0.0957. The molecule has 86 valence electrons. The maximum atomic E-state index is 12.0. The highest BCUT2D eigenvalue weighted by atomic mass is 16.1. The van der Waals surface area contributed by atoms with Crippen molar-refractivity contribution >= 4 is 5.78 Å². The molecule has 0 radical (unpaired) electrons. The van der Waals surface area contributed by atoms with Crippen LogP contribution >= 0.6 is 0 Å². The third kappa shape index (κ3) is 2.17. The van der Waals surface area contributed by atoms with Crippen LogP contribution in [0.15, 0.2) is 18.2 Å². The van der Waals surface area contributed by atoms with Crippen LogP contribution in [0.4, 0.5) is 0 Å². The van der Waals surface area contributed by atoms with E-state index in [9.17, 15) is 4.79 Å². The molecule has 0 aliphatic heterocycles. The summed E-state index contributed by atoms with van der Waals surface area (Å²) in [5.74, 6) is 0.191. The van der Waals surface area contributed by atoms with E-state index < -0.39 is 0 Å². The first kappa shape index (κ1) is 11.3. The molecule has 0 bridgehead atoms. The van der Waals surface area contributed by atoms with E-state index in [0.717, 1.165) is 12.0 Å². The van der Waals surface area contributed by atoms with Crippen LogP contribution in [0.5, 0.6) is 0 Å². The molecule has 0 saturated heterocycles. The third-order valence-corrected chi connectivity index (χ3v) is 3.46. The molecule has 0 spiro atoms. The first-order valence-corrected chi connectivity index (χ1v) is 6.05. The number of nitrogens with one attached hydrogen (secondary N) is 1. The molecule has 0 aromatic heterocycles. The van der Waals surface area contributed by atoms with Gasteiger partial charge >= 0.3 is 0 Å². The number of fused-ring (bicyclic) bond motifs is 1. The van der Waals surface area contributed by atoms with E-state index in [0.29, 0.717) is 0 Å². The van der Waals surface area contributed by atoms with Gasteiger partial charge in [0.2, 0.25) is 0 Å². The summed E-state index contributed by atoms with van der Waals surface area (Å²) >= 11 is 0. The Hall–Kier alpha value is -1.15. The summed E-state index contributed by atoms with van der Waals surface area (Å²) in [5.41, 5.74) is 3.66. The number of aryl methyl sites for hydroxylation is 2. The molecule has 1 N–H and O–H groups in total. The van der Waals surface area contributed by atoms with Crippen LogP contribution in [0.1, 0.15) is 41.3 Å². The van der Waals surface area contributed by atoms with E-state index in [1.54, 1.807) is 0 Å². The number of ketones is 1. The van der Waals surface area contributed by atoms with Gasteiger partial charge in [0, 0.05) is 5.56 Å². The molecule has 1 aliphatic carbocycles. The van der Waals surface area contributed by atoms with Crippen molar-refractivity contribution in [3.8, 4) is 0 Å². The summed E-state index contributed by atoms with van der Waals surface area (Å²) in [6, 6.07) is 6.09. The second kappa shape index (κ2) is 4.79. The van der Waals surface area contributed by atoms with Gasteiger partial charge in [-0.05, 0) is 56.8 Å². The van der Waals surface area contributed by atoms with Crippen molar-refractivity contribution in [2.24, 2.45) is 0 Å². The van der Waals surface area contributed by atoms with Crippen molar-refractivity contribution in [3.05, 3.63) is 34.9 Å². The Bertz CT molecular complexity index is 398. The van der Waals surface area contributed by atoms with Crippen LogP contribution in [0.3, 0.4) is 0 Å². The summed E-state index contributed by atoms with van der Waals surface area (Å²) in [5, 5.41) is 2.99. The molecule has 0 saturated carbocycles. The fourth-order valence-electron chi connectivity index (χ4n) is 2.27. The zero-order valence-corrected chi connectivity index (χ0v) is 10.0. The van der Waals surface area contributed by atoms with E-state index in [4.69, 9.17) is 0 Å². The summed E-state index contributed by atoms with van der Waals surface area (Å²) in [7, 11) is 1.82. The summed E-state index contributed by atoms with van der Waals surface area (Å²) < 4.78 is 0. The molecule has 1 unspecified atom stereocenters. The number of hydrogen-bond donors (Lipinski definition) is 1. The highest BCUT2D eigenvalue weighted by molar-refractivity contribution is 6.00. The van der Waals surface area contributed by atoms with Crippen LogP contribution in [0.2, 0.25) is 0 Å². The Morgan fingerprint density at radius 2 is 1.94 bits per heavy atom. The molecule has 2 rings (SSSR count). The van der Waals surface area contributed by atoms with Gasteiger partial charge in [-0.25, -0.2) is 0 Å². The maximum absolute atomic E-state index is 12.0. The number of rotatable bonds is 3. The molecule has 0 heterocycles. The van der Waals surface area contributed by atoms with Gasteiger partial charge < -0.3 is 5.32 Å². The predicted octanol–water partition coefficient (Wildman–Crippen LogP) is 2.36. The van der Waals surface area contributed by atoms with Crippen LogP contribution in [-0.2, 0) is 12.8 Å². The Morgan fingerprint density at radius 1 is 1.25 bits per heavy atom. The van der Waals surface area contributed by atoms with Crippen LogP contribution in [-0.4, -0.2) is 18.9 Å². The van der Waals surface area contributed by atoms with Gasteiger partial charge in [-0.15, -0.1) is 0 Å². The number of likely N-dealkylation sites (N-methyl/N-ethyl adjacent to an activating group) is 1. The number of benzene rings is 1. The van der Waals surface area contributed by atoms with E-state index in [2.05, 4.69) is 17.4 Å². The quantitative estimate of drug-likeness (QED) is 0.787. The first-order chi connectivity index (χ1) is 7.72. The second-order valence-electron chi connectivity index (χ2n) is 4.57. The lowest BCUT2D eigenvalue weighted by atomic mass is 9.89. The Balaban J connectivity index is 2.26. The number of hydrogen-bond acceptors (Lipinski definition) is 2. The monoisotopic (exact) mass is 217 g/mol. The number of carbonyl (C=O) groups is 1. The third-order valence-electron chi connectivity index (χ3n) is 3.46. The summed E-state index contributed by atoms with van der Waals surface area (Å²) in [6.07, 6.45) is 4.84. The number of carbonyl (C=O) groups excluding carboxylic acids is 1. The molecular formula is C14H19NO. The van der Waals surface area contributed by atoms with Crippen molar-refractivity contribution in [1.82, 2.24) is 5.32 Å². The average Bonchev–Trinajstić information content (AvgIpc) is 2.36. The molecule has 1 aromatic rings. The fourth-order valence-corrected chi connectivity index (χ4v) is 2.27. The summed E-state index contributed by atoms with van der Waals surface area (Å²) in [4.78, 5) is 12.0. The lowest BCUT2D eigenvalue weighted by Gasteiger charge is -2.17. The smallest absolute Gasteiger partial charge is 0.179 e. The minimum absolute atomic E-state index is 0.0957. The van der Waals surface area contributed by atoms with Gasteiger partial charge in [-0.2, -0.15) is 0 Å². The normalized spacial score (nSPS) is 16.6. The molecule has 16 heavy (non-hydrogen) atoms. The second-order valence-corrected chi connectivity index (χ2v) is 4.57. The molecule has 2 nitrogen and oxygen atoms in total. The van der Waals surface area contributed by atoms with Crippen LogP contribution in [0, 0.1) is 0 Å². The first-order valence-electron chi connectivity index (χ1n) is 6.05. The topological polar surface area (TPSA) is 29.1 Å². The van der Waals surface area contributed by atoms with E-state index >= 15 is 0 Å². The fraction of sp³-hybridized carbons (Fsp3) is 0.500. The van der Waals surface area contributed by atoms with Crippen molar-refractivity contribution in [2.75, 3.05) is 7.05 Å². The molecule has 0 fully saturated rings. The van der Waals surface area contributed by atoms with Crippen molar-refractivity contribution in [1.29, 1.82) is 0 Å². The molecule has 0 amide bonds. The lowest BCUT2D eigenvalue weighted by Crippen LogP contribution is -2.30. The van der Waals surface area contributed by atoms with Crippen LogP contribution in [0.25, 0.3) is 0 Å². The lowest BCUT2D eigenvalue weighted by molar-refractivity contribution is 0.0955. The molecular weight excluding hydrogens is 198 g/mol. The molecule has 1 aliphatic rings. The molecule has 2 heteroatoms. The van der Waals surface area contributed by atoms with E-state index in [1.165, 1.54) is 30.4 Å². The van der Waals surface area contributed by atoms with Crippen molar-refractivity contribution in [3.63, 3.8) is 0 Å². The Kier molecular flexibility index (Phi) is 3.39. The molecule has 1 atom stereocenters. The van der Waals surface area contributed by atoms with Gasteiger partial charge in [-0.1, -0.05) is 12.1 Å². The van der Waals surface area contributed by atoms with E-state index in [-0.39, 0.29) is 11.8 Å². The highest BCUT2D eigenvalue weighted by Crippen LogP contribution is 2.22. The Labute approximate surface area is 97.1 Å². The van der Waals surface area contributed by atoms with Crippen LogP contribution < -0.4 is 5.32 Å². The van der Waals surface area contributed by atoms with Crippen molar-refractivity contribution in [2.45, 2.75) is 38.6 Å². The predicted molar refractivity (Wildman–Crippen MR) is 65.9 cm³/mol.